The molecule has 12 heteroatoms. The fourth-order valence-electron chi connectivity index (χ4n) is 2.70. The molecule has 0 spiro atoms. The van der Waals surface area contributed by atoms with Gasteiger partial charge in [-0.05, 0) is 22.8 Å². The van der Waals surface area contributed by atoms with Gasteiger partial charge in [-0.1, -0.05) is 42.1 Å². The number of carboxylic acid groups (broad SMARTS) is 2. The number of carboxylic acids is 2. The number of hydrogen-bond acceptors (Lipinski definition) is 8. The quantitative estimate of drug-likeness (QED) is 0.333. The second-order valence-corrected chi connectivity index (χ2v) is 7.45. The summed E-state index contributed by atoms with van der Waals surface area (Å²) in [5, 5.41) is 38.6. The Hall–Kier alpha value is -4.06. The van der Waals surface area contributed by atoms with Crippen molar-refractivity contribution in [2.24, 2.45) is 10.2 Å². The predicted octanol–water partition coefficient (Wildman–Crippen LogP) is 2.36. The van der Waals surface area contributed by atoms with Crippen molar-refractivity contribution in [3.8, 4) is 11.1 Å². The van der Waals surface area contributed by atoms with Crippen LogP contribution in [0.15, 0.2) is 52.7 Å². The molecule has 0 aliphatic carbocycles. The molecule has 1 aliphatic heterocycles. The molecule has 1 saturated heterocycles. The number of amidine groups is 1. The maximum Gasteiger partial charge on any atom is 0.342 e. The van der Waals surface area contributed by atoms with Crippen LogP contribution in [0.5, 0.6) is 0 Å². The summed E-state index contributed by atoms with van der Waals surface area (Å²) < 4.78 is 0. The monoisotopic (exact) mass is 442 g/mol. The second kappa shape index (κ2) is 9.17. The molecule has 2 aromatic rings. The molecule has 1 aliphatic rings. The molecular formula is C19H14N4O7S. The Balaban J connectivity index is 1.72. The third-order valence-corrected chi connectivity index (χ3v) is 5.23. The van der Waals surface area contributed by atoms with Crippen molar-refractivity contribution in [2.45, 2.75) is 11.7 Å². The fraction of sp³-hybridized carbons (Fsp3) is 0.105. The summed E-state index contributed by atoms with van der Waals surface area (Å²) in [6, 6.07) is 10.6. The van der Waals surface area contributed by atoms with E-state index < -0.39 is 33.7 Å². The summed E-state index contributed by atoms with van der Waals surface area (Å²) >= 11 is 0.987. The van der Waals surface area contributed by atoms with Crippen LogP contribution in [0.3, 0.4) is 0 Å². The van der Waals surface area contributed by atoms with Crippen molar-refractivity contribution in [1.82, 2.24) is 5.32 Å². The summed E-state index contributed by atoms with van der Waals surface area (Å²) in [5.41, 5.74) is 0.887. The van der Waals surface area contributed by atoms with Gasteiger partial charge in [-0.25, -0.2) is 4.79 Å². The average Bonchev–Trinajstić information content (AvgIpc) is 3.06. The van der Waals surface area contributed by atoms with Crippen LogP contribution in [0.25, 0.3) is 11.1 Å². The molecule has 11 nitrogen and oxygen atoms in total. The molecule has 0 saturated carbocycles. The second-order valence-electron chi connectivity index (χ2n) is 6.26. The van der Waals surface area contributed by atoms with Crippen LogP contribution in [-0.4, -0.2) is 49.6 Å². The number of rotatable bonds is 7. The van der Waals surface area contributed by atoms with E-state index in [1.165, 1.54) is 24.4 Å². The Morgan fingerprint density at radius 2 is 1.84 bits per heavy atom. The third kappa shape index (κ3) is 5.30. The SMILES string of the molecule is O=C(O)CC1SC(=NN=Cc2ccc(-c3ccc(C(=O)O)c([N+](=O)[O-])c3)cc2)NC1=O. The maximum absolute atomic E-state index is 11.6. The molecule has 1 unspecified atom stereocenters. The van der Waals surface area contributed by atoms with Gasteiger partial charge in [-0.3, -0.25) is 19.7 Å². The zero-order valence-electron chi connectivity index (χ0n) is 15.6. The number of benzene rings is 2. The van der Waals surface area contributed by atoms with Crippen LogP contribution in [0, 0.1) is 10.1 Å². The molecule has 0 aromatic heterocycles. The zero-order chi connectivity index (χ0) is 22.5. The van der Waals surface area contributed by atoms with E-state index in [2.05, 4.69) is 15.5 Å². The van der Waals surface area contributed by atoms with Crippen molar-refractivity contribution in [1.29, 1.82) is 0 Å². The van der Waals surface area contributed by atoms with Crippen LogP contribution >= 0.6 is 11.8 Å². The van der Waals surface area contributed by atoms with Gasteiger partial charge in [0.2, 0.25) is 5.91 Å². The highest BCUT2D eigenvalue weighted by molar-refractivity contribution is 8.15. The van der Waals surface area contributed by atoms with Crippen molar-refractivity contribution < 1.29 is 29.5 Å². The number of aliphatic carboxylic acids is 1. The van der Waals surface area contributed by atoms with E-state index in [4.69, 9.17) is 10.2 Å². The molecule has 3 N–H and O–H groups in total. The molecule has 31 heavy (non-hydrogen) atoms. The Labute approximate surface area is 178 Å². The standard InChI is InChI=1S/C19H14N4O7S/c24-16(25)8-15-17(26)21-19(31-15)22-20-9-10-1-3-11(4-2-10)12-5-6-13(18(27)28)14(7-12)23(29)30/h1-7,9,15H,8H2,(H,24,25)(H,27,28)(H,21,22,26). The number of thioether (sulfide) groups is 1. The lowest BCUT2D eigenvalue weighted by molar-refractivity contribution is -0.385. The number of nitro benzene ring substituents is 1. The number of nitro groups is 1. The minimum absolute atomic E-state index is 0.204. The molecule has 0 bridgehead atoms. The van der Waals surface area contributed by atoms with E-state index in [1.54, 1.807) is 24.3 Å². The number of amides is 1. The van der Waals surface area contributed by atoms with E-state index in [9.17, 15) is 24.5 Å². The Kier molecular flexibility index (Phi) is 6.40. The summed E-state index contributed by atoms with van der Waals surface area (Å²) in [7, 11) is 0. The zero-order valence-corrected chi connectivity index (χ0v) is 16.4. The molecule has 2 aromatic carbocycles. The Bertz CT molecular complexity index is 1130. The van der Waals surface area contributed by atoms with Crippen molar-refractivity contribution >= 4 is 46.7 Å². The van der Waals surface area contributed by atoms with Crippen molar-refractivity contribution in [3.63, 3.8) is 0 Å². The number of aromatic carboxylic acids is 1. The van der Waals surface area contributed by atoms with Crippen LogP contribution in [0.4, 0.5) is 5.69 Å². The summed E-state index contributed by atoms with van der Waals surface area (Å²) in [5.74, 6) is -2.90. The van der Waals surface area contributed by atoms with Gasteiger partial charge in [0.25, 0.3) is 5.69 Å². The number of nitrogens with one attached hydrogen (secondary N) is 1. The summed E-state index contributed by atoms with van der Waals surface area (Å²) in [6.07, 6.45) is 1.11. The number of carbonyl (C=O) groups is 3. The highest BCUT2D eigenvalue weighted by atomic mass is 32.2. The number of carbonyl (C=O) groups excluding carboxylic acids is 1. The smallest absolute Gasteiger partial charge is 0.342 e. The molecule has 158 valence electrons. The lowest BCUT2D eigenvalue weighted by Crippen LogP contribution is -2.26. The van der Waals surface area contributed by atoms with Crippen LogP contribution < -0.4 is 5.32 Å². The number of nitrogens with zero attached hydrogens (tertiary/aromatic N) is 3. The van der Waals surface area contributed by atoms with Gasteiger partial charge in [0, 0.05) is 6.07 Å². The van der Waals surface area contributed by atoms with E-state index in [0.29, 0.717) is 16.7 Å². The molecule has 1 amide bonds. The van der Waals surface area contributed by atoms with Crippen LogP contribution in [0.2, 0.25) is 0 Å². The molecule has 1 fully saturated rings. The van der Waals surface area contributed by atoms with Gasteiger partial charge < -0.3 is 15.5 Å². The van der Waals surface area contributed by atoms with Crippen molar-refractivity contribution in [2.75, 3.05) is 0 Å². The topological polar surface area (TPSA) is 172 Å². The lowest BCUT2D eigenvalue weighted by atomic mass is 10.0. The Morgan fingerprint density at radius 3 is 2.45 bits per heavy atom. The van der Waals surface area contributed by atoms with E-state index in [0.717, 1.165) is 11.8 Å². The lowest BCUT2D eigenvalue weighted by Gasteiger charge is -2.04. The van der Waals surface area contributed by atoms with E-state index in [1.807, 2.05) is 0 Å². The highest BCUT2D eigenvalue weighted by Gasteiger charge is 2.32. The third-order valence-electron chi connectivity index (χ3n) is 4.16. The van der Waals surface area contributed by atoms with E-state index in [-0.39, 0.29) is 17.2 Å². The van der Waals surface area contributed by atoms with Crippen LogP contribution in [-0.2, 0) is 9.59 Å². The maximum atomic E-state index is 11.6. The first kappa shape index (κ1) is 21.6. The minimum Gasteiger partial charge on any atom is -0.481 e. The average molecular weight is 442 g/mol. The van der Waals surface area contributed by atoms with Gasteiger partial charge in [0.05, 0.1) is 17.6 Å². The van der Waals surface area contributed by atoms with Crippen molar-refractivity contribution in [3.05, 3.63) is 63.7 Å². The van der Waals surface area contributed by atoms with Gasteiger partial charge in [0.15, 0.2) is 5.17 Å². The number of hydrogen-bond donors (Lipinski definition) is 3. The predicted molar refractivity (Wildman–Crippen MR) is 112 cm³/mol. The first-order chi connectivity index (χ1) is 14.7. The highest BCUT2D eigenvalue weighted by Crippen LogP contribution is 2.27. The normalized spacial score (nSPS) is 17.1. The molecular weight excluding hydrogens is 428 g/mol. The molecule has 1 heterocycles. The summed E-state index contributed by atoms with van der Waals surface area (Å²) in [4.78, 5) is 43.9. The molecule has 0 radical (unpaired) electrons. The first-order valence-electron chi connectivity index (χ1n) is 8.67. The first-order valence-corrected chi connectivity index (χ1v) is 9.55. The van der Waals surface area contributed by atoms with Gasteiger partial charge >= 0.3 is 11.9 Å². The van der Waals surface area contributed by atoms with Gasteiger partial charge in [0.1, 0.15) is 10.8 Å². The van der Waals surface area contributed by atoms with E-state index >= 15 is 0 Å². The van der Waals surface area contributed by atoms with Gasteiger partial charge in [-0.15, -0.1) is 5.10 Å². The van der Waals surface area contributed by atoms with Gasteiger partial charge in [-0.2, -0.15) is 5.10 Å². The molecule has 3 rings (SSSR count). The largest absolute Gasteiger partial charge is 0.481 e. The Morgan fingerprint density at radius 1 is 1.16 bits per heavy atom. The molecule has 1 atom stereocenters. The fourth-order valence-corrected chi connectivity index (χ4v) is 3.61. The summed E-state index contributed by atoms with van der Waals surface area (Å²) in [6.45, 7) is 0. The minimum atomic E-state index is -1.38. The van der Waals surface area contributed by atoms with Crippen LogP contribution in [0.1, 0.15) is 22.3 Å².